The molecule has 0 saturated heterocycles. The molecule has 0 saturated carbocycles. The topological polar surface area (TPSA) is 20.2 Å². The molecule has 0 aromatic rings. The van der Waals surface area contributed by atoms with Crippen molar-refractivity contribution in [3.8, 4) is 0 Å². The minimum Gasteiger partial charge on any atom is -0.392 e. The summed E-state index contributed by atoms with van der Waals surface area (Å²) in [7, 11) is 0. The maximum Gasteiger partial charge on any atom is 0.0614 e. The fourth-order valence-corrected chi connectivity index (χ4v) is 2.71. The van der Waals surface area contributed by atoms with Crippen LogP contribution in [0.4, 0.5) is 0 Å². The maximum atomic E-state index is 8.83. The predicted octanol–water partition coefficient (Wildman–Crippen LogP) is 5.97. The maximum absolute atomic E-state index is 8.83. The van der Waals surface area contributed by atoms with Crippen LogP contribution in [0, 0.1) is 17.8 Å². The standard InChI is InChI=1S/C19H38O/c1-16(2)8-6-9-17(3)10-7-11-18(4)12-13-19(5)14-15-20/h14,16-18,20H,6-13,15H2,1-5H3/b19-14+/t17-,18-/m1/s1. The number of rotatable bonds is 12. The molecule has 0 amide bonds. The summed E-state index contributed by atoms with van der Waals surface area (Å²) >= 11 is 0. The molecule has 1 heteroatoms. The molecule has 0 aliphatic rings. The Labute approximate surface area is 127 Å². The molecule has 1 nitrogen and oxygen atoms in total. The number of allylic oxidation sites excluding steroid dienone is 1. The highest BCUT2D eigenvalue weighted by Gasteiger charge is 2.06. The zero-order valence-corrected chi connectivity index (χ0v) is 14.6. The molecule has 0 aromatic heterocycles. The van der Waals surface area contributed by atoms with Gasteiger partial charge in [0.15, 0.2) is 0 Å². The van der Waals surface area contributed by atoms with E-state index in [1.54, 1.807) is 0 Å². The van der Waals surface area contributed by atoms with Crippen LogP contribution in [0.15, 0.2) is 11.6 Å². The first-order valence-corrected chi connectivity index (χ1v) is 8.72. The van der Waals surface area contributed by atoms with Crippen molar-refractivity contribution >= 4 is 0 Å². The average molecular weight is 283 g/mol. The van der Waals surface area contributed by atoms with E-state index in [2.05, 4.69) is 34.6 Å². The van der Waals surface area contributed by atoms with Gasteiger partial charge in [0.05, 0.1) is 6.61 Å². The minimum absolute atomic E-state index is 0.189. The molecule has 0 aromatic carbocycles. The van der Waals surface area contributed by atoms with E-state index in [1.165, 1.54) is 50.5 Å². The molecule has 1 N–H and O–H groups in total. The molecule has 0 spiro atoms. The largest absolute Gasteiger partial charge is 0.392 e. The van der Waals surface area contributed by atoms with Crippen molar-refractivity contribution in [1.82, 2.24) is 0 Å². The van der Waals surface area contributed by atoms with Gasteiger partial charge in [-0.15, -0.1) is 0 Å². The fourth-order valence-electron chi connectivity index (χ4n) is 2.71. The Balaban J connectivity index is 3.55. The van der Waals surface area contributed by atoms with Gasteiger partial charge in [0.1, 0.15) is 0 Å². The van der Waals surface area contributed by atoms with E-state index in [4.69, 9.17) is 5.11 Å². The normalized spacial score (nSPS) is 15.7. The molecular formula is C19H38O. The zero-order valence-electron chi connectivity index (χ0n) is 14.6. The molecule has 0 heterocycles. The molecule has 0 rings (SSSR count). The van der Waals surface area contributed by atoms with Gasteiger partial charge in [0.2, 0.25) is 0 Å². The summed E-state index contributed by atoms with van der Waals surface area (Å²) in [6.07, 6.45) is 12.7. The summed E-state index contributed by atoms with van der Waals surface area (Å²) in [6.45, 7) is 11.7. The lowest BCUT2D eigenvalue weighted by Gasteiger charge is -2.15. The first-order valence-electron chi connectivity index (χ1n) is 8.72. The number of aliphatic hydroxyl groups excluding tert-OH is 1. The lowest BCUT2D eigenvalue weighted by molar-refractivity contribution is 0.341. The smallest absolute Gasteiger partial charge is 0.0614 e. The van der Waals surface area contributed by atoms with Crippen LogP contribution in [0.1, 0.15) is 86.0 Å². The van der Waals surface area contributed by atoms with Gasteiger partial charge in [-0.2, -0.15) is 0 Å². The van der Waals surface area contributed by atoms with E-state index >= 15 is 0 Å². The Morgan fingerprint density at radius 1 is 0.850 bits per heavy atom. The Hall–Kier alpha value is -0.300. The first kappa shape index (κ1) is 19.7. The monoisotopic (exact) mass is 282 g/mol. The van der Waals surface area contributed by atoms with Gasteiger partial charge in [0, 0.05) is 0 Å². The Kier molecular flexibility index (Phi) is 12.3. The second-order valence-electron chi connectivity index (χ2n) is 7.24. The highest BCUT2D eigenvalue weighted by atomic mass is 16.2. The second-order valence-corrected chi connectivity index (χ2v) is 7.24. The van der Waals surface area contributed by atoms with Crippen LogP contribution in [0.25, 0.3) is 0 Å². The summed E-state index contributed by atoms with van der Waals surface area (Å²) in [6, 6.07) is 0. The SMILES string of the molecule is C/C(=C\CO)CC[C@H](C)CCC[C@H](C)CCCC(C)C. The van der Waals surface area contributed by atoms with E-state index in [9.17, 15) is 0 Å². The van der Waals surface area contributed by atoms with Gasteiger partial charge in [0.25, 0.3) is 0 Å². The molecule has 0 aliphatic carbocycles. The average Bonchev–Trinajstić information content (AvgIpc) is 2.36. The third kappa shape index (κ3) is 12.7. The molecule has 120 valence electrons. The van der Waals surface area contributed by atoms with Crippen molar-refractivity contribution in [3.63, 3.8) is 0 Å². The van der Waals surface area contributed by atoms with E-state index < -0.39 is 0 Å². The van der Waals surface area contributed by atoms with Gasteiger partial charge in [-0.3, -0.25) is 0 Å². The molecule has 20 heavy (non-hydrogen) atoms. The Bertz CT molecular complexity index is 242. The number of hydrogen-bond acceptors (Lipinski definition) is 1. The number of aliphatic hydroxyl groups is 1. The fraction of sp³-hybridized carbons (Fsp3) is 0.895. The third-order valence-electron chi connectivity index (χ3n) is 4.34. The van der Waals surface area contributed by atoms with Crippen LogP contribution >= 0.6 is 0 Å². The van der Waals surface area contributed by atoms with Crippen molar-refractivity contribution in [2.24, 2.45) is 17.8 Å². The molecule has 0 bridgehead atoms. The van der Waals surface area contributed by atoms with Crippen LogP contribution in [0.5, 0.6) is 0 Å². The van der Waals surface area contributed by atoms with Gasteiger partial charge >= 0.3 is 0 Å². The van der Waals surface area contributed by atoms with Crippen LogP contribution < -0.4 is 0 Å². The predicted molar refractivity (Wildman–Crippen MR) is 90.9 cm³/mol. The van der Waals surface area contributed by atoms with Crippen molar-refractivity contribution < 1.29 is 5.11 Å². The second kappa shape index (κ2) is 12.4. The molecule has 2 atom stereocenters. The lowest BCUT2D eigenvalue weighted by atomic mass is 9.91. The van der Waals surface area contributed by atoms with Crippen LogP contribution in [-0.2, 0) is 0 Å². The van der Waals surface area contributed by atoms with E-state index in [-0.39, 0.29) is 6.61 Å². The summed E-state index contributed by atoms with van der Waals surface area (Å²) < 4.78 is 0. The first-order chi connectivity index (χ1) is 9.45. The summed E-state index contributed by atoms with van der Waals surface area (Å²) in [4.78, 5) is 0. The van der Waals surface area contributed by atoms with Crippen LogP contribution in [0.2, 0.25) is 0 Å². The molecule has 0 unspecified atom stereocenters. The van der Waals surface area contributed by atoms with Crippen molar-refractivity contribution in [2.75, 3.05) is 6.61 Å². The van der Waals surface area contributed by atoms with Crippen molar-refractivity contribution in [1.29, 1.82) is 0 Å². The lowest BCUT2D eigenvalue weighted by Crippen LogP contribution is -2.00. The van der Waals surface area contributed by atoms with E-state index in [1.807, 2.05) is 6.08 Å². The minimum atomic E-state index is 0.189. The summed E-state index contributed by atoms with van der Waals surface area (Å²) in [5.41, 5.74) is 1.33. The van der Waals surface area contributed by atoms with E-state index in [0.717, 1.165) is 24.2 Å². The Morgan fingerprint density at radius 3 is 1.85 bits per heavy atom. The van der Waals surface area contributed by atoms with Gasteiger partial charge in [-0.25, -0.2) is 0 Å². The summed E-state index contributed by atoms with van der Waals surface area (Å²) in [5.74, 6) is 2.58. The molecular weight excluding hydrogens is 244 g/mol. The molecule has 0 fully saturated rings. The van der Waals surface area contributed by atoms with Gasteiger partial charge in [-0.1, -0.05) is 77.9 Å². The van der Waals surface area contributed by atoms with Crippen LogP contribution in [-0.4, -0.2) is 11.7 Å². The van der Waals surface area contributed by atoms with Gasteiger partial charge in [-0.05, 0) is 37.5 Å². The van der Waals surface area contributed by atoms with Crippen LogP contribution in [0.3, 0.4) is 0 Å². The zero-order chi connectivity index (χ0) is 15.4. The highest BCUT2D eigenvalue weighted by Crippen LogP contribution is 2.21. The van der Waals surface area contributed by atoms with E-state index in [0.29, 0.717) is 0 Å². The van der Waals surface area contributed by atoms with Gasteiger partial charge < -0.3 is 5.11 Å². The molecule has 0 radical (unpaired) electrons. The van der Waals surface area contributed by atoms with Crippen molar-refractivity contribution in [3.05, 3.63) is 11.6 Å². The third-order valence-corrected chi connectivity index (χ3v) is 4.34. The highest BCUT2D eigenvalue weighted by molar-refractivity contribution is 4.97. The van der Waals surface area contributed by atoms with Crippen molar-refractivity contribution in [2.45, 2.75) is 86.0 Å². The quantitative estimate of drug-likeness (QED) is 0.437. The summed E-state index contributed by atoms with van der Waals surface area (Å²) in [5, 5.41) is 8.83. The Morgan fingerprint density at radius 2 is 1.35 bits per heavy atom. The number of hydrogen-bond donors (Lipinski definition) is 1. The molecule has 0 aliphatic heterocycles.